The molecule has 0 radical (unpaired) electrons. The van der Waals surface area contributed by atoms with Gasteiger partial charge >= 0.3 is 0 Å². The number of hydrogen-bond acceptors (Lipinski definition) is 4. The van der Waals surface area contributed by atoms with Gasteiger partial charge < -0.3 is 10.1 Å². The van der Waals surface area contributed by atoms with Crippen molar-refractivity contribution in [3.05, 3.63) is 88.9 Å². The first-order valence-electron chi connectivity index (χ1n) is 8.66. The number of benzene rings is 3. The summed E-state index contributed by atoms with van der Waals surface area (Å²) in [6.45, 7) is 0. The predicted octanol–water partition coefficient (Wildman–Crippen LogP) is 4.54. The van der Waals surface area contributed by atoms with Crippen molar-refractivity contribution in [1.29, 1.82) is 0 Å². The van der Waals surface area contributed by atoms with Gasteiger partial charge in [-0.05, 0) is 48.0 Å². The summed E-state index contributed by atoms with van der Waals surface area (Å²) >= 11 is 6.06. The number of halogens is 1. The lowest BCUT2D eigenvalue weighted by Gasteiger charge is -2.13. The fourth-order valence-electron chi connectivity index (χ4n) is 2.67. The molecule has 150 valence electrons. The largest absolute Gasteiger partial charge is 0.497 e. The summed E-state index contributed by atoms with van der Waals surface area (Å²) in [7, 11) is -2.22. The summed E-state index contributed by atoms with van der Waals surface area (Å²) in [6.07, 6.45) is 0. The van der Waals surface area contributed by atoms with E-state index in [1.807, 2.05) is 0 Å². The zero-order valence-electron chi connectivity index (χ0n) is 15.6. The molecule has 8 heteroatoms. The van der Waals surface area contributed by atoms with Crippen molar-refractivity contribution in [2.75, 3.05) is 17.1 Å². The number of nitrogens with one attached hydrogen (secondary N) is 2. The zero-order chi connectivity index (χ0) is 20.9. The summed E-state index contributed by atoms with van der Waals surface area (Å²) in [4.78, 5) is 12.7. The van der Waals surface area contributed by atoms with Gasteiger partial charge in [0, 0.05) is 10.7 Å². The topological polar surface area (TPSA) is 84.5 Å². The van der Waals surface area contributed by atoms with Gasteiger partial charge in [0.05, 0.1) is 24.1 Å². The van der Waals surface area contributed by atoms with Crippen molar-refractivity contribution >= 4 is 38.9 Å². The minimum atomic E-state index is -3.78. The summed E-state index contributed by atoms with van der Waals surface area (Å²) in [5, 5.41) is 3.11. The number of carbonyl (C=O) groups excluding carboxylic acids is 1. The summed E-state index contributed by atoms with van der Waals surface area (Å²) < 4.78 is 32.8. The molecular formula is C21H19ClN2O4S. The first-order valence-corrected chi connectivity index (χ1v) is 10.7. The molecule has 0 aromatic heterocycles. The molecule has 1 amide bonds. The molecule has 3 rings (SSSR count). The smallest absolute Gasteiger partial charge is 0.257 e. The normalized spacial score (nSPS) is 11.0. The third-order valence-corrected chi connectivity index (χ3v) is 5.68. The lowest BCUT2D eigenvalue weighted by molar-refractivity contribution is 0.102. The highest BCUT2D eigenvalue weighted by molar-refractivity contribution is 7.91. The number of amides is 1. The molecule has 0 saturated carbocycles. The minimum Gasteiger partial charge on any atom is -0.497 e. The van der Waals surface area contributed by atoms with Gasteiger partial charge in [-0.3, -0.25) is 9.52 Å². The third kappa shape index (κ3) is 5.49. The Kier molecular flexibility index (Phi) is 6.41. The highest BCUT2D eigenvalue weighted by Crippen LogP contribution is 2.23. The number of hydrogen-bond donors (Lipinski definition) is 2. The van der Waals surface area contributed by atoms with Gasteiger partial charge in [0.1, 0.15) is 5.75 Å². The number of rotatable bonds is 7. The van der Waals surface area contributed by atoms with Crippen molar-refractivity contribution in [2.24, 2.45) is 0 Å². The molecule has 0 aliphatic heterocycles. The van der Waals surface area contributed by atoms with Crippen LogP contribution >= 0.6 is 11.6 Å². The molecule has 3 aromatic rings. The highest BCUT2D eigenvalue weighted by atomic mass is 35.5. The van der Waals surface area contributed by atoms with Crippen LogP contribution in [0.5, 0.6) is 5.75 Å². The van der Waals surface area contributed by atoms with E-state index in [1.165, 1.54) is 6.07 Å². The van der Waals surface area contributed by atoms with Crippen LogP contribution in [0.2, 0.25) is 5.02 Å². The summed E-state index contributed by atoms with van der Waals surface area (Å²) in [6, 6.07) is 19.9. The van der Waals surface area contributed by atoms with Gasteiger partial charge in [0.25, 0.3) is 5.91 Å². The molecule has 0 heterocycles. The SMILES string of the molecule is COc1ccc(NC(=O)c2ccccc2NS(=O)(=O)Cc2ccccc2Cl)cc1. The predicted molar refractivity (Wildman–Crippen MR) is 115 cm³/mol. The van der Waals surface area contributed by atoms with Crippen molar-refractivity contribution in [1.82, 2.24) is 0 Å². The van der Waals surface area contributed by atoms with Gasteiger partial charge in [0.15, 0.2) is 0 Å². The van der Waals surface area contributed by atoms with E-state index < -0.39 is 15.9 Å². The number of methoxy groups -OCH3 is 1. The molecule has 29 heavy (non-hydrogen) atoms. The van der Waals surface area contributed by atoms with Crippen molar-refractivity contribution < 1.29 is 17.9 Å². The van der Waals surface area contributed by atoms with E-state index >= 15 is 0 Å². The maximum atomic E-state index is 12.7. The van der Waals surface area contributed by atoms with Gasteiger partial charge in [0.2, 0.25) is 10.0 Å². The van der Waals surface area contributed by atoms with Gasteiger partial charge in [-0.2, -0.15) is 0 Å². The Morgan fingerprint density at radius 1 is 0.966 bits per heavy atom. The highest BCUT2D eigenvalue weighted by Gasteiger charge is 2.18. The van der Waals surface area contributed by atoms with E-state index in [2.05, 4.69) is 10.0 Å². The van der Waals surface area contributed by atoms with Crippen LogP contribution in [0.1, 0.15) is 15.9 Å². The van der Waals surface area contributed by atoms with Crippen molar-refractivity contribution in [3.8, 4) is 5.75 Å². The van der Waals surface area contributed by atoms with Gasteiger partial charge in [-0.15, -0.1) is 0 Å². The second-order valence-corrected chi connectivity index (χ2v) is 8.31. The van der Waals surface area contributed by atoms with Crippen molar-refractivity contribution in [2.45, 2.75) is 5.75 Å². The molecule has 3 aromatic carbocycles. The molecule has 0 saturated heterocycles. The van der Waals surface area contributed by atoms with E-state index in [1.54, 1.807) is 73.8 Å². The van der Waals surface area contributed by atoms with Crippen LogP contribution in [0, 0.1) is 0 Å². The van der Waals surface area contributed by atoms with Crippen LogP contribution in [0.25, 0.3) is 0 Å². The van der Waals surface area contributed by atoms with Crippen LogP contribution < -0.4 is 14.8 Å². The fourth-order valence-corrected chi connectivity index (χ4v) is 4.19. The number of anilines is 2. The standard InChI is InChI=1S/C21H19ClN2O4S/c1-28-17-12-10-16(11-13-17)23-21(25)18-7-3-5-9-20(18)24-29(26,27)14-15-6-2-4-8-19(15)22/h2-13,24H,14H2,1H3,(H,23,25). The lowest BCUT2D eigenvalue weighted by atomic mass is 10.1. The molecule has 0 bridgehead atoms. The summed E-state index contributed by atoms with van der Waals surface area (Å²) in [5.74, 6) is -0.0804. The first kappa shape index (κ1) is 20.7. The van der Waals surface area contributed by atoms with Crippen LogP contribution in [0.3, 0.4) is 0 Å². The lowest BCUT2D eigenvalue weighted by Crippen LogP contribution is -2.19. The summed E-state index contributed by atoms with van der Waals surface area (Å²) in [5.41, 5.74) is 1.42. The van der Waals surface area contributed by atoms with E-state index in [4.69, 9.17) is 16.3 Å². The molecule has 6 nitrogen and oxygen atoms in total. The number of ether oxygens (including phenoxy) is 1. The van der Waals surface area contributed by atoms with E-state index in [9.17, 15) is 13.2 Å². The van der Waals surface area contributed by atoms with Crippen LogP contribution in [0.15, 0.2) is 72.8 Å². The van der Waals surface area contributed by atoms with E-state index in [-0.39, 0.29) is 17.0 Å². The molecule has 2 N–H and O–H groups in total. The molecule has 0 unspecified atom stereocenters. The van der Waals surface area contributed by atoms with Crippen LogP contribution in [0.4, 0.5) is 11.4 Å². The van der Waals surface area contributed by atoms with Crippen LogP contribution in [-0.2, 0) is 15.8 Å². The van der Waals surface area contributed by atoms with E-state index in [0.717, 1.165) is 0 Å². The molecule has 0 aliphatic carbocycles. The molecule has 0 spiro atoms. The Morgan fingerprint density at radius 2 is 1.62 bits per heavy atom. The van der Waals surface area contributed by atoms with Crippen LogP contribution in [-0.4, -0.2) is 21.4 Å². The second-order valence-electron chi connectivity index (χ2n) is 6.18. The average Bonchev–Trinajstić information content (AvgIpc) is 2.70. The van der Waals surface area contributed by atoms with Crippen molar-refractivity contribution in [3.63, 3.8) is 0 Å². The van der Waals surface area contributed by atoms with Gasteiger partial charge in [-0.1, -0.05) is 41.9 Å². The Bertz CT molecular complexity index is 1120. The third-order valence-electron chi connectivity index (χ3n) is 4.09. The molecule has 0 fully saturated rings. The number of carbonyl (C=O) groups is 1. The monoisotopic (exact) mass is 430 g/mol. The minimum absolute atomic E-state index is 0.186. The molecule has 0 aliphatic rings. The average molecular weight is 431 g/mol. The zero-order valence-corrected chi connectivity index (χ0v) is 17.1. The fraction of sp³-hybridized carbons (Fsp3) is 0.0952. The number of para-hydroxylation sites is 1. The molecule has 0 atom stereocenters. The Morgan fingerprint density at radius 3 is 2.31 bits per heavy atom. The van der Waals surface area contributed by atoms with Gasteiger partial charge in [-0.25, -0.2) is 8.42 Å². The van der Waals surface area contributed by atoms with E-state index in [0.29, 0.717) is 22.0 Å². The first-order chi connectivity index (χ1) is 13.9. The Hall–Kier alpha value is -3.03. The maximum Gasteiger partial charge on any atom is 0.257 e. The Labute approximate surface area is 174 Å². The second kappa shape index (κ2) is 8.98. The molecular weight excluding hydrogens is 412 g/mol. The Balaban J connectivity index is 1.79. The maximum absolute atomic E-state index is 12.7. The number of sulfonamides is 1. The quantitative estimate of drug-likeness (QED) is 0.576.